The first kappa shape index (κ1) is 11.9. The van der Waals surface area contributed by atoms with Crippen molar-refractivity contribution in [1.29, 1.82) is 0 Å². The van der Waals surface area contributed by atoms with Crippen LogP contribution in [0.5, 0.6) is 0 Å². The van der Waals surface area contributed by atoms with Crippen LogP contribution in [0.2, 0.25) is 0 Å². The standard InChI is InChI=1S/C12H23N3O/c1-3-10-7-14-6-4-5-11(14)8-15(10)12(16)9(2)13/h9-11H,3-8,13H2,1-2H3. The van der Waals surface area contributed by atoms with Gasteiger partial charge in [-0.15, -0.1) is 0 Å². The van der Waals surface area contributed by atoms with Gasteiger partial charge in [0, 0.05) is 25.2 Å². The third-order valence-electron chi connectivity index (χ3n) is 3.94. The number of carbonyl (C=O) groups is 1. The molecule has 3 unspecified atom stereocenters. The minimum absolute atomic E-state index is 0.124. The van der Waals surface area contributed by atoms with Crippen LogP contribution in [0.1, 0.15) is 33.1 Å². The summed E-state index contributed by atoms with van der Waals surface area (Å²) in [6, 6.07) is 0.598. The Hall–Kier alpha value is -0.610. The predicted octanol–water partition coefficient (Wildman–Crippen LogP) is 0.419. The lowest BCUT2D eigenvalue weighted by molar-refractivity contribution is -0.138. The SMILES string of the molecule is CCC1CN2CCCC2CN1C(=O)C(C)N. The molecule has 2 aliphatic heterocycles. The monoisotopic (exact) mass is 225 g/mol. The first-order valence-electron chi connectivity index (χ1n) is 6.43. The lowest BCUT2D eigenvalue weighted by Crippen LogP contribution is -2.60. The molecule has 0 aromatic carbocycles. The molecule has 0 aromatic rings. The van der Waals surface area contributed by atoms with E-state index in [9.17, 15) is 4.79 Å². The average molecular weight is 225 g/mol. The molecule has 2 fully saturated rings. The van der Waals surface area contributed by atoms with Gasteiger partial charge in [0.15, 0.2) is 0 Å². The molecule has 4 nitrogen and oxygen atoms in total. The quantitative estimate of drug-likeness (QED) is 0.741. The molecule has 0 spiro atoms. The zero-order valence-corrected chi connectivity index (χ0v) is 10.4. The van der Waals surface area contributed by atoms with Crippen molar-refractivity contribution in [1.82, 2.24) is 9.80 Å². The molecule has 2 heterocycles. The van der Waals surface area contributed by atoms with Gasteiger partial charge in [0.25, 0.3) is 0 Å². The van der Waals surface area contributed by atoms with E-state index in [4.69, 9.17) is 5.73 Å². The highest BCUT2D eigenvalue weighted by Gasteiger charge is 2.38. The second-order valence-electron chi connectivity index (χ2n) is 5.13. The van der Waals surface area contributed by atoms with Gasteiger partial charge in [-0.3, -0.25) is 9.69 Å². The molecule has 0 aromatic heterocycles. The molecule has 92 valence electrons. The molecular weight excluding hydrogens is 202 g/mol. The van der Waals surface area contributed by atoms with Crippen LogP contribution in [0, 0.1) is 0 Å². The highest BCUT2D eigenvalue weighted by Crippen LogP contribution is 2.26. The lowest BCUT2D eigenvalue weighted by Gasteiger charge is -2.44. The van der Waals surface area contributed by atoms with E-state index < -0.39 is 0 Å². The first-order valence-corrected chi connectivity index (χ1v) is 6.43. The maximum Gasteiger partial charge on any atom is 0.239 e. The summed E-state index contributed by atoms with van der Waals surface area (Å²) in [7, 11) is 0. The predicted molar refractivity (Wildman–Crippen MR) is 64.0 cm³/mol. The molecule has 2 N–H and O–H groups in total. The van der Waals surface area contributed by atoms with Crippen LogP contribution in [-0.2, 0) is 4.79 Å². The molecule has 1 amide bonds. The van der Waals surface area contributed by atoms with Crippen LogP contribution in [0.15, 0.2) is 0 Å². The maximum absolute atomic E-state index is 12.0. The normalized spacial score (nSPS) is 32.6. The van der Waals surface area contributed by atoms with Crippen LogP contribution < -0.4 is 5.73 Å². The van der Waals surface area contributed by atoms with Gasteiger partial charge in [0.05, 0.1) is 6.04 Å². The van der Waals surface area contributed by atoms with Gasteiger partial charge in [-0.1, -0.05) is 6.92 Å². The molecule has 0 saturated carbocycles. The van der Waals surface area contributed by atoms with E-state index in [1.165, 1.54) is 19.4 Å². The molecule has 0 radical (unpaired) electrons. The van der Waals surface area contributed by atoms with Crippen LogP contribution in [0.25, 0.3) is 0 Å². The number of hydrogen-bond acceptors (Lipinski definition) is 3. The summed E-state index contributed by atoms with van der Waals surface area (Å²) >= 11 is 0. The van der Waals surface area contributed by atoms with Gasteiger partial charge in [0.1, 0.15) is 0 Å². The fourth-order valence-corrected chi connectivity index (χ4v) is 2.97. The van der Waals surface area contributed by atoms with Crippen molar-refractivity contribution < 1.29 is 4.79 Å². The van der Waals surface area contributed by atoms with Crippen LogP contribution >= 0.6 is 0 Å². The molecule has 0 bridgehead atoms. The number of piperazine rings is 1. The second-order valence-corrected chi connectivity index (χ2v) is 5.13. The number of nitrogens with two attached hydrogens (primary N) is 1. The van der Waals surface area contributed by atoms with Crippen molar-refractivity contribution in [2.45, 2.75) is 51.2 Å². The van der Waals surface area contributed by atoms with Crippen molar-refractivity contribution in [2.24, 2.45) is 5.73 Å². The molecular formula is C12H23N3O. The van der Waals surface area contributed by atoms with Crippen molar-refractivity contribution in [3.63, 3.8) is 0 Å². The van der Waals surface area contributed by atoms with Crippen molar-refractivity contribution in [3.05, 3.63) is 0 Å². The highest BCUT2D eigenvalue weighted by molar-refractivity contribution is 5.81. The van der Waals surface area contributed by atoms with Crippen LogP contribution in [-0.4, -0.2) is 53.5 Å². The zero-order chi connectivity index (χ0) is 11.7. The van der Waals surface area contributed by atoms with E-state index in [-0.39, 0.29) is 11.9 Å². The van der Waals surface area contributed by atoms with Gasteiger partial charge in [-0.05, 0) is 32.7 Å². The Labute approximate surface area is 97.8 Å². The average Bonchev–Trinajstić information content (AvgIpc) is 2.72. The Morgan fingerprint density at radius 1 is 1.50 bits per heavy atom. The maximum atomic E-state index is 12.0. The summed E-state index contributed by atoms with van der Waals surface area (Å²) in [4.78, 5) is 16.6. The van der Waals surface area contributed by atoms with Crippen LogP contribution in [0.4, 0.5) is 0 Å². The van der Waals surface area contributed by atoms with Crippen LogP contribution in [0.3, 0.4) is 0 Å². The van der Waals surface area contributed by atoms with E-state index >= 15 is 0 Å². The second kappa shape index (κ2) is 4.72. The molecule has 3 atom stereocenters. The van der Waals surface area contributed by atoms with E-state index in [1.807, 2.05) is 4.90 Å². The number of fused-ring (bicyclic) bond motifs is 1. The van der Waals surface area contributed by atoms with Gasteiger partial charge < -0.3 is 10.6 Å². The summed E-state index contributed by atoms with van der Waals surface area (Å²) < 4.78 is 0. The summed E-state index contributed by atoms with van der Waals surface area (Å²) in [6.45, 7) is 7.08. The minimum Gasteiger partial charge on any atom is -0.336 e. The van der Waals surface area contributed by atoms with Gasteiger partial charge >= 0.3 is 0 Å². The Kier molecular flexibility index (Phi) is 3.50. The largest absolute Gasteiger partial charge is 0.336 e. The summed E-state index contributed by atoms with van der Waals surface area (Å²) in [5.41, 5.74) is 5.72. The van der Waals surface area contributed by atoms with E-state index in [1.54, 1.807) is 6.92 Å². The Balaban J connectivity index is 2.07. The topological polar surface area (TPSA) is 49.6 Å². The molecule has 2 saturated heterocycles. The number of amides is 1. The molecule has 4 heteroatoms. The van der Waals surface area contributed by atoms with Gasteiger partial charge in [-0.25, -0.2) is 0 Å². The Morgan fingerprint density at radius 2 is 2.25 bits per heavy atom. The summed E-state index contributed by atoms with van der Waals surface area (Å²) in [6.07, 6.45) is 3.54. The third-order valence-corrected chi connectivity index (χ3v) is 3.94. The number of carbonyl (C=O) groups excluding carboxylic acids is 1. The van der Waals surface area contributed by atoms with Crippen molar-refractivity contribution >= 4 is 5.91 Å². The minimum atomic E-state index is -0.359. The lowest BCUT2D eigenvalue weighted by atomic mass is 10.0. The van der Waals surface area contributed by atoms with E-state index in [2.05, 4.69) is 11.8 Å². The Morgan fingerprint density at radius 3 is 2.88 bits per heavy atom. The van der Waals surface area contributed by atoms with E-state index in [0.717, 1.165) is 19.5 Å². The molecule has 16 heavy (non-hydrogen) atoms. The molecule has 0 aliphatic carbocycles. The van der Waals surface area contributed by atoms with Crippen molar-refractivity contribution in [3.8, 4) is 0 Å². The molecule has 2 rings (SSSR count). The Bertz CT molecular complexity index is 267. The van der Waals surface area contributed by atoms with Crippen molar-refractivity contribution in [2.75, 3.05) is 19.6 Å². The third kappa shape index (κ3) is 2.09. The number of rotatable bonds is 2. The highest BCUT2D eigenvalue weighted by atomic mass is 16.2. The first-order chi connectivity index (χ1) is 7.63. The fourth-order valence-electron chi connectivity index (χ4n) is 2.97. The zero-order valence-electron chi connectivity index (χ0n) is 10.4. The molecule has 2 aliphatic rings. The fraction of sp³-hybridized carbons (Fsp3) is 0.917. The number of hydrogen-bond donors (Lipinski definition) is 1. The summed E-state index contributed by atoms with van der Waals surface area (Å²) in [5.74, 6) is 0.124. The smallest absolute Gasteiger partial charge is 0.239 e. The van der Waals surface area contributed by atoms with Gasteiger partial charge in [-0.2, -0.15) is 0 Å². The summed E-state index contributed by atoms with van der Waals surface area (Å²) in [5, 5.41) is 0. The van der Waals surface area contributed by atoms with E-state index in [0.29, 0.717) is 12.1 Å². The number of nitrogens with zero attached hydrogens (tertiary/aromatic N) is 2. The van der Waals surface area contributed by atoms with Gasteiger partial charge in [0.2, 0.25) is 5.91 Å².